The quantitative estimate of drug-likeness (QED) is 0.390. The summed E-state index contributed by atoms with van der Waals surface area (Å²) in [6.45, 7) is 0. The smallest absolute Gasteiger partial charge is 0.417 e. The molecular formula is H7BrO5. The third-order valence-electron chi connectivity index (χ3n) is 0. The minimum atomic E-state index is -1.19. The van der Waals surface area contributed by atoms with Crippen LogP contribution in [-0.4, -0.2) is 20.6 Å². The zero-order valence-corrected chi connectivity index (χ0v) is 4.32. The Labute approximate surface area is 41.3 Å². The van der Waals surface area contributed by atoms with Crippen LogP contribution >= 0.6 is 0 Å². The Balaban J connectivity index is -0.00000000667. The molecule has 0 bridgehead atoms. The molecule has 0 amide bonds. The normalized spacial score (nSPS) is 3.00. The fourth-order valence-electron chi connectivity index (χ4n) is 0. The number of hydrogen-bond donors (Lipinski definition) is 1. The molecule has 0 atom stereocenters. The molecule has 0 aliphatic heterocycles. The number of hydrogen-bond acceptors (Lipinski definition) is 2. The molecule has 0 saturated carbocycles. The van der Waals surface area contributed by atoms with Gasteiger partial charge in [0.15, 0.2) is 0 Å². The number of halogens is 1. The average Bonchev–Trinajstić information content (AvgIpc) is 0.918. The molecule has 0 spiro atoms. The van der Waals surface area contributed by atoms with Gasteiger partial charge in [0.1, 0.15) is 0 Å². The highest BCUT2D eigenvalue weighted by molar-refractivity contribution is 1.71. The fraction of sp³-hybridized carbons (Fsp3) is 0. The zero-order chi connectivity index (χ0) is 2.71. The molecule has 6 heavy (non-hydrogen) atoms. The molecule has 0 heterocycles. The van der Waals surface area contributed by atoms with Crippen molar-refractivity contribution in [2.45, 2.75) is 0 Å². The van der Waals surface area contributed by atoms with E-state index < -0.39 is 15.5 Å². The minimum absolute atomic E-state index is 0. The highest BCUT2D eigenvalue weighted by atomic mass is 79.9. The first-order valence-electron chi connectivity index (χ1n) is 0.323. The van der Waals surface area contributed by atoms with Crippen LogP contribution < -0.4 is 4.20 Å². The van der Waals surface area contributed by atoms with E-state index in [1.807, 2.05) is 0 Å². The maximum Gasteiger partial charge on any atom is 0.417 e. The molecule has 0 aliphatic carbocycles. The van der Waals surface area contributed by atoms with Gasteiger partial charge in [0.25, 0.3) is 0 Å². The molecule has 0 aromatic heterocycles. The van der Waals surface area contributed by atoms with Gasteiger partial charge < -0.3 is 20.6 Å². The van der Waals surface area contributed by atoms with Crippen LogP contribution in [0.1, 0.15) is 0 Å². The summed E-state index contributed by atoms with van der Waals surface area (Å²) in [5.74, 6) is 0. The molecule has 7 N–H and O–H groups in total. The summed E-state index contributed by atoms with van der Waals surface area (Å²) in [4.78, 5) is 0. The molecule has 0 fully saturated rings. The van der Waals surface area contributed by atoms with Crippen LogP contribution in [0.25, 0.3) is 0 Å². The summed E-state index contributed by atoms with van der Waals surface area (Å²) >= 11 is -1.19. The molecule has 44 valence electrons. The SMILES string of the molecule is O.O.O.[O-][Br+]O. The van der Waals surface area contributed by atoms with E-state index in [1.54, 1.807) is 0 Å². The Morgan fingerprint density at radius 2 is 1.17 bits per heavy atom. The molecule has 0 radical (unpaired) electrons. The van der Waals surface area contributed by atoms with E-state index in [9.17, 15) is 0 Å². The van der Waals surface area contributed by atoms with Gasteiger partial charge in [-0.25, -0.2) is 0 Å². The molecule has 0 aromatic rings. The average molecular weight is 167 g/mol. The highest BCUT2D eigenvalue weighted by Crippen LogP contribution is 1.13. The van der Waals surface area contributed by atoms with Crippen LogP contribution in [0.3, 0.4) is 0 Å². The van der Waals surface area contributed by atoms with E-state index in [0.717, 1.165) is 0 Å². The van der Waals surface area contributed by atoms with Gasteiger partial charge in [-0.1, -0.05) is 0 Å². The molecule has 6 heteroatoms. The summed E-state index contributed by atoms with van der Waals surface area (Å²) in [6, 6.07) is 0. The van der Waals surface area contributed by atoms with E-state index in [4.69, 9.17) is 8.40 Å². The molecule has 0 saturated heterocycles. The Morgan fingerprint density at radius 3 is 1.17 bits per heavy atom. The van der Waals surface area contributed by atoms with Crippen molar-refractivity contribution in [3.63, 3.8) is 0 Å². The summed E-state index contributed by atoms with van der Waals surface area (Å²) < 4.78 is 15.6. The predicted octanol–water partition coefficient (Wildman–Crippen LogP) is -4.22. The third kappa shape index (κ3) is 587. The molecule has 0 rings (SSSR count). The Hall–Kier alpha value is 0.280. The lowest BCUT2D eigenvalue weighted by atomic mass is 16.0. The molecule has 0 unspecified atom stereocenters. The van der Waals surface area contributed by atoms with Crippen LogP contribution in [-0.2, 0) is 0 Å². The zero-order valence-electron chi connectivity index (χ0n) is 2.73. The minimum Gasteiger partial charge on any atom is -0.551 e. The van der Waals surface area contributed by atoms with E-state index in [0.29, 0.717) is 0 Å². The van der Waals surface area contributed by atoms with E-state index >= 15 is 0 Å². The maximum atomic E-state index is 8.52. The third-order valence-corrected chi connectivity index (χ3v) is 0. The first kappa shape index (κ1) is 33.7. The molecule has 0 aromatic carbocycles. The Kier molecular flexibility index (Phi) is 331. The maximum absolute atomic E-state index is 8.52. The number of rotatable bonds is 0. The van der Waals surface area contributed by atoms with Crippen LogP contribution in [0.2, 0.25) is 0 Å². The van der Waals surface area contributed by atoms with Crippen molar-refractivity contribution in [1.82, 2.24) is 0 Å². The summed E-state index contributed by atoms with van der Waals surface area (Å²) in [5.41, 5.74) is 0. The summed E-state index contributed by atoms with van der Waals surface area (Å²) in [7, 11) is 0. The molecular weight excluding hydrogens is 160 g/mol. The highest BCUT2D eigenvalue weighted by Gasteiger charge is 1.51. The van der Waals surface area contributed by atoms with Crippen molar-refractivity contribution in [3.8, 4) is 0 Å². The first-order chi connectivity index (χ1) is 1.41. The van der Waals surface area contributed by atoms with Crippen LogP contribution in [0.15, 0.2) is 0 Å². The van der Waals surface area contributed by atoms with Gasteiger partial charge in [0.2, 0.25) is 0 Å². The van der Waals surface area contributed by atoms with Crippen molar-refractivity contribution in [2.75, 3.05) is 0 Å². The van der Waals surface area contributed by atoms with Crippen molar-refractivity contribution in [1.29, 1.82) is 0 Å². The second-order valence-electron chi connectivity index (χ2n) is 0.0690. The summed E-state index contributed by atoms with van der Waals surface area (Å²) in [6.07, 6.45) is 0. The first-order valence-corrected chi connectivity index (χ1v) is 1.68. The Morgan fingerprint density at radius 1 is 1.17 bits per heavy atom. The lowest BCUT2D eigenvalue weighted by Crippen LogP contribution is -1.94. The van der Waals surface area contributed by atoms with Crippen molar-refractivity contribution >= 4 is 0 Å². The van der Waals surface area contributed by atoms with Crippen molar-refractivity contribution in [3.05, 3.63) is 0 Å². The standard InChI is InChI=1S/BrHO2.3H2O/c2-1-3;;;/h2H;3*1H2. The monoisotopic (exact) mass is 166 g/mol. The van der Waals surface area contributed by atoms with Gasteiger partial charge in [-0.15, -0.1) is 0 Å². The lowest BCUT2D eigenvalue weighted by Gasteiger charge is -1.45. The van der Waals surface area contributed by atoms with E-state index in [1.165, 1.54) is 0 Å². The Bertz CT molecular complexity index is 3.90. The van der Waals surface area contributed by atoms with Gasteiger partial charge in [-0.05, 0) is 0 Å². The second-order valence-corrected chi connectivity index (χ2v) is 0.359. The molecule has 5 nitrogen and oxygen atoms in total. The second kappa shape index (κ2) is 59.0. The summed E-state index contributed by atoms with van der Waals surface area (Å²) in [5, 5.41) is 0. The van der Waals surface area contributed by atoms with Crippen LogP contribution in [0.4, 0.5) is 0 Å². The van der Waals surface area contributed by atoms with Crippen molar-refractivity contribution < 1.29 is 40.4 Å². The van der Waals surface area contributed by atoms with Gasteiger partial charge in [-0.3, -0.25) is 0 Å². The van der Waals surface area contributed by atoms with E-state index in [2.05, 4.69) is 0 Å². The predicted molar refractivity (Wildman–Crippen MR) is 13.1 cm³/mol. The lowest BCUT2D eigenvalue weighted by molar-refractivity contribution is -1.27. The fourth-order valence-corrected chi connectivity index (χ4v) is 0. The van der Waals surface area contributed by atoms with Crippen molar-refractivity contribution in [2.24, 2.45) is 0 Å². The van der Waals surface area contributed by atoms with Gasteiger partial charge in [0, 0.05) is 0 Å². The van der Waals surface area contributed by atoms with Gasteiger partial charge >= 0.3 is 15.5 Å². The van der Waals surface area contributed by atoms with Crippen LogP contribution in [0, 0.1) is 15.5 Å². The van der Waals surface area contributed by atoms with E-state index in [-0.39, 0.29) is 16.4 Å². The largest absolute Gasteiger partial charge is 0.551 e. The van der Waals surface area contributed by atoms with Gasteiger partial charge in [-0.2, -0.15) is 4.20 Å². The topological polar surface area (TPSA) is 138 Å². The molecule has 0 aliphatic rings. The van der Waals surface area contributed by atoms with Gasteiger partial charge in [0.05, 0.1) is 0 Å². The van der Waals surface area contributed by atoms with Crippen LogP contribution in [0.5, 0.6) is 0 Å².